The van der Waals surface area contributed by atoms with Gasteiger partial charge in [-0.3, -0.25) is 14.4 Å². The zero-order chi connectivity index (χ0) is 18.9. The van der Waals surface area contributed by atoms with Crippen LogP contribution >= 0.6 is 0 Å². The van der Waals surface area contributed by atoms with Gasteiger partial charge in [0.1, 0.15) is 17.5 Å². The number of nitrogens with one attached hydrogen (secondary N) is 3. The van der Waals surface area contributed by atoms with Crippen molar-refractivity contribution >= 4 is 23.5 Å². The van der Waals surface area contributed by atoms with Crippen LogP contribution in [-0.4, -0.2) is 35.8 Å². The molecule has 0 bridgehead atoms. The highest BCUT2D eigenvalue weighted by Gasteiger charge is 2.11. The molecule has 0 spiro atoms. The highest BCUT2D eigenvalue weighted by Crippen LogP contribution is 2.07. The van der Waals surface area contributed by atoms with E-state index in [2.05, 4.69) is 20.9 Å². The Bertz CT molecular complexity index is 780. The van der Waals surface area contributed by atoms with Gasteiger partial charge in [-0.1, -0.05) is 6.07 Å². The Morgan fingerprint density at radius 3 is 2.35 bits per heavy atom. The van der Waals surface area contributed by atoms with Crippen molar-refractivity contribution in [3.63, 3.8) is 0 Å². The molecule has 0 aliphatic heterocycles. The number of anilines is 1. The van der Waals surface area contributed by atoms with Crippen LogP contribution < -0.4 is 16.0 Å². The van der Waals surface area contributed by atoms with Gasteiger partial charge in [0.15, 0.2) is 0 Å². The van der Waals surface area contributed by atoms with Crippen molar-refractivity contribution in [1.29, 1.82) is 0 Å². The summed E-state index contributed by atoms with van der Waals surface area (Å²) in [5.74, 6) is -3.04. The average Bonchev–Trinajstić information content (AvgIpc) is 2.59. The quantitative estimate of drug-likeness (QED) is 0.690. The third kappa shape index (κ3) is 6.27. The smallest absolute Gasteiger partial charge is 0.251 e. The van der Waals surface area contributed by atoms with Gasteiger partial charge < -0.3 is 16.0 Å². The first kappa shape index (κ1) is 19.0. The van der Waals surface area contributed by atoms with Gasteiger partial charge in [0.2, 0.25) is 11.8 Å². The highest BCUT2D eigenvalue weighted by atomic mass is 19.1. The summed E-state index contributed by atoms with van der Waals surface area (Å²) in [7, 11) is 0. The maximum absolute atomic E-state index is 13.0. The molecule has 0 atom stereocenters. The van der Waals surface area contributed by atoms with Crippen molar-refractivity contribution < 1.29 is 23.2 Å². The highest BCUT2D eigenvalue weighted by molar-refractivity contribution is 5.96. The van der Waals surface area contributed by atoms with Gasteiger partial charge in [-0.05, 0) is 24.3 Å². The molecule has 0 radical (unpaired) electrons. The molecule has 7 nitrogen and oxygen atoms in total. The van der Waals surface area contributed by atoms with Gasteiger partial charge in [0, 0.05) is 30.8 Å². The number of carbonyl (C=O) groups excluding carboxylic acids is 3. The van der Waals surface area contributed by atoms with Gasteiger partial charge in [-0.2, -0.15) is 0 Å². The van der Waals surface area contributed by atoms with E-state index in [0.29, 0.717) is 11.9 Å². The van der Waals surface area contributed by atoms with Crippen molar-refractivity contribution in [2.24, 2.45) is 0 Å². The first-order valence-electron chi connectivity index (χ1n) is 7.66. The predicted octanol–water partition coefficient (Wildman–Crippen LogP) is 1.23. The molecule has 0 aliphatic rings. The molecule has 0 saturated heterocycles. The van der Waals surface area contributed by atoms with E-state index in [1.165, 1.54) is 6.20 Å². The van der Waals surface area contributed by atoms with Crippen LogP contribution in [0.3, 0.4) is 0 Å². The molecule has 26 heavy (non-hydrogen) atoms. The molecule has 0 saturated carbocycles. The molecule has 3 N–H and O–H groups in total. The average molecular weight is 362 g/mol. The molecular weight excluding hydrogens is 346 g/mol. The normalized spacial score (nSPS) is 10.1. The Balaban J connectivity index is 1.68. The lowest BCUT2D eigenvalue weighted by Gasteiger charge is -2.08. The van der Waals surface area contributed by atoms with Crippen LogP contribution in [0.25, 0.3) is 0 Å². The minimum absolute atomic E-state index is 0.0192. The minimum atomic E-state index is -0.890. The van der Waals surface area contributed by atoms with Crippen molar-refractivity contribution in [1.82, 2.24) is 15.6 Å². The number of carbonyl (C=O) groups is 3. The van der Waals surface area contributed by atoms with Crippen molar-refractivity contribution in [3.8, 4) is 0 Å². The van der Waals surface area contributed by atoms with Crippen LogP contribution in [0.15, 0.2) is 42.6 Å². The number of halogens is 2. The summed E-state index contributed by atoms with van der Waals surface area (Å²) in [6.45, 7) is -0.333. The van der Waals surface area contributed by atoms with Crippen LogP contribution in [-0.2, 0) is 9.59 Å². The van der Waals surface area contributed by atoms with Crippen LogP contribution in [0.1, 0.15) is 16.8 Å². The molecule has 0 aliphatic carbocycles. The Labute approximate surface area is 147 Å². The van der Waals surface area contributed by atoms with Crippen molar-refractivity contribution in [2.45, 2.75) is 6.42 Å². The fraction of sp³-hybridized carbons (Fsp3) is 0.176. The van der Waals surface area contributed by atoms with Gasteiger partial charge in [-0.15, -0.1) is 0 Å². The van der Waals surface area contributed by atoms with Gasteiger partial charge in [0.05, 0.1) is 6.54 Å². The Kier molecular flexibility index (Phi) is 6.72. The van der Waals surface area contributed by atoms with E-state index in [9.17, 15) is 23.2 Å². The first-order valence-corrected chi connectivity index (χ1v) is 7.66. The molecule has 1 heterocycles. The van der Waals surface area contributed by atoms with Crippen LogP contribution in [0, 0.1) is 11.6 Å². The number of rotatable bonds is 7. The second kappa shape index (κ2) is 9.21. The van der Waals surface area contributed by atoms with E-state index in [0.717, 1.165) is 12.1 Å². The number of pyridine rings is 1. The number of hydrogen-bond acceptors (Lipinski definition) is 4. The lowest BCUT2D eigenvalue weighted by Crippen LogP contribution is -2.38. The molecule has 136 valence electrons. The fourth-order valence-corrected chi connectivity index (χ4v) is 1.97. The Hall–Kier alpha value is -3.36. The van der Waals surface area contributed by atoms with Gasteiger partial charge in [0.25, 0.3) is 5.91 Å². The number of amides is 3. The third-order valence-corrected chi connectivity index (χ3v) is 3.14. The molecule has 2 rings (SSSR count). The van der Waals surface area contributed by atoms with Crippen molar-refractivity contribution in [2.75, 3.05) is 18.4 Å². The second-order valence-corrected chi connectivity index (χ2v) is 5.20. The zero-order valence-corrected chi connectivity index (χ0v) is 13.6. The number of nitrogens with zero attached hydrogens (tertiary/aromatic N) is 1. The van der Waals surface area contributed by atoms with E-state index in [1.54, 1.807) is 18.2 Å². The maximum Gasteiger partial charge on any atom is 0.251 e. The Morgan fingerprint density at radius 1 is 0.962 bits per heavy atom. The second-order valence-electron chi connectivity index (χ2n) is 5.20. The maximum atomic E-state index is 13.0. The lowest BCUT2D eigenvalue weighted by atomic mass is 10.2. The summed E-state index contributed by atoms with van der Waals surface area (Å²) in [5, 5.41) is 7.24. The third-order valence-electron chi connectivity index (χ3n) is 3.14. The standard InChI is InChI=1S/C17H16F2N4O3/c18-12-7-11(8-13(19)9-12)17(26)22-10-16(25)21-6-4-15(24)23-14-3-1-2-5-20-14/h1-3,5,7-9H,4,6,10H2,(H,21,25)(H,22,26)(H,20,23,24). The Morgan fingerprint density at radius 2 is 1.69 bits per heavy atom. The van der Waals surface area contributed by atoms with Crippen LogP contribution in [0.2, 0.25) is 0 Å². The molecule has 2 aromatic rings. The van der Waals surface area contributed by atoms with Crippen LogP contribution in [0.5, 0.6) is 0 Å². The van der Waals surface area contributed by atoms with E-state index in [1.807, 2.05) is 0 Å². The van der Waals surface area contributed by atoms with E-state index >= 15 is 0 Å². The fourth-order valence-electron chi connectivity index (χ4n) is 1.97. The summed E-state index contributed by atoms with van der Waals surface area (Å²) in [6.07, 6.45) is 1.55. The SMILES string of the molecule is O=C(CNC(=O)c1cc(F)cc(F)c1)NCCC(=O)Nc1ccccn1. The summed E-state index contributed by atoms with van der Waals surface area (Å²) in [5.41, 5.74) is -0.231. The number of aromatic nitrogens is 1. The molecule has 1 aromatic carbocycles. The number of hydrogen-bond donors (Lipinski definition) is 3. The summed E-state index contributed by atoms with van der Waals surface area (Å²) >= 11 is 0. The predicted molar refractivity (Wildman–Crippen MR) is 89.2 cm³/mol. The molecular formula is C17H16F2N4O3. The summed E-state index contributed by atoms with van der Waals surface area (Å²) in [4.78, 5) is 39.0. The minimum Gasteiger partial charge on any atom is -0.354 e. The number of benzene rings is 1. The lowest BCUT2D eigenvalue weighted by molar-refractivity contribution is -0.120. The molecule has 3 amide bonds. The van der Waals surface area contributed by atoms with Crippen LogP contribution in [0.4, 0.5) is 14.6 Å². The topological polar surface area (TPSA) is 100 Å². The van der Waals surface area contributed by atoms with E-state index in [-0.39, 0.29) is 24.4 Å². The molecule has 0 fully saturated rings. The summed E-state index contributed by atoms with van der Waals surface area (Å²) in [6, 6.07) is 7.41. The van der Waals surface area contributed by atoms with E-state index in [4.69, 9.17) is 0 Å². The van der Waals surface area contributed by atoms with Crippen molar-refractivity contribution in [3.05, 3.63) is 59.8 Å². The molecule has 1 aromatic heterocycles. The molecule has 9 heteroatoms. The van der Waals surface area contributed by atoms with Gasteiger partial charge in [-0.25, -0.2) is 13.8 Å². The monoisotopic (exact) mass is 362 g/mol. The largest absolute Gasteiger partial charge is 0.354 e. The van der Waals surface area contributed by atoms with E-state index < -0.39 is 30.0 Å². The molecule has 0 unspecified atom stereocenters. The van der Waals surface area contributed by atoms with Gasteiger partial charge >= 0.3 is 0 Å². The summed E-state index contributed by atoms with van der Waals surface area (Å²) < 4.78 is 26.1. The first-order chi connectivity index (χ1) is 12.4. The zero-order valence-electron chi connectivity index (χ0n) is 13.6.